The summed E-state index contributed by atoms with van der Waals surface area (Å²) in [4.78, 5) is 45.7. The lowest BCUT2D eigenvalue weighted by Crippen LogP contribution is -2.26. The fraction of sp³-hybridized carbons (Fsp3) is 0.286. The van der Waals surface area contributed by atoms with Crippen molar-refractivity contribution in [2.45, 2.75) is 20.4 Å². The SMILES string of the molecule is CC(C)CN.O=C1COc2ccc(CNC(=O)c3ncnc4c(C(=O)O)c[nH]c34)cc2N1. The van der Waals surface area contributed by atoms with Gasteiger partial charge in [-0.3, -0.25) is 9.59 Å². The second-order valence-corrected chi connectivity index (χ2v) is 7.43. The van der Waals surface area contributed by atoms with Gasteiger partial charge in [-0.1, -0.05) is 19.9 Å². The molecule has 2 aromatic heterocycles. The summed E-state index contributed by atoms with van der Waals surface area (Å²) in [5, 5.41) is 14.6. The van der Waals surface area contributed by atoms with E-state index in [0.29, 0.717) is 17.4 Å². The molecule has 0 aliphatic carbocycles. The summed E-state index contributed by atoms with van der Waals surface area (Å²) in [5.74, 6) is -0.651. The van der Waals surface area contributed by atoms with Crippen molar-refractivity contribution in [3.8, 4) is 5.75 Å². The largest absolute Gasteiger partial charge is 0.482 e. The van der Waals surface area contributed by atoms with E-state index >= 15 is 0 Å². The van der Waals surface area contributed by atoms with Crippen LogP contribution in [0.5, 0.6) is 5.75 Å². The van der Waals surface area contributed by atoms with Gasteiger partial charge in [0.15, 0.2) is 12.3 Å². The third kappa shape index (κ3) is 5.19. The van der Waals surface area contributed by atoms with Gasteiger partial charge >= 0.3 is 5.97 Å². The number of hydrogen-bond acceptors (Lipinski definition) is 7. The molecule has 0 spiro atoms. The molecule has 3 heterocycles. The molecule has 0 unspecified atom stereocenters. The van der Waals surface area contributed by atoms with E-state index in [1.165, 1.54) is 6.20 Å². The molecule has 0 atom stereocenters. The fourth-order valence-corrected chi connectivity index (χ4v) is 2.78. The van der Waals surface area contributed by atoms with Crippen molar-refractivity contribution in [2.75, 3.05) is 18.5 Å². The summed E-state index contributed by atoms with van der Waals surface area (Å²) in [6.07, 6.45) is 2.41. The second kappa shape index (κ2) is 9.88. The minimum absolute atomic E-state index is 0.0265. The van der Waals surface area contributed by atoms with Gasteiger partial charge in [0, 0.05) is 12.7 Å². The quantitative estimate of drug-likeness (QED) is 0.397. The van der Waals surface area contributed by atoms with Crippen LogP contribution in [0.25, 0.3) is 11.0 Å². The van der Waals surface area contributed by atoms with Crippen LogP contribution in [0.3, 0.4) is 0 Å². The van der Waals surface area contributed by atoms with Crippen LogP contribution in [0.1, 0.15) is 40.3 Å². The van der Waals surface area contributed by atoms with Crippen molar-refractivity contribution < 1.29 is 24.2 Å². The zero-order valence-electron chi connectivity index (χ0n) is 17.6. The summed E-state index contributed by atoms with van der Waals surface area (Å²) in [6.45, 7) is 5.15. The van der Waals surface area contributed by atoms with Gasteiger partial charge in [0.25, 0.3) is 11.8 Å². The van der Waals surface area contributed by atoms with Crippen LogP contribution in [0.15, 0.2) is 30.7 Å². The van der Waals surface area contributed by atoms with Gasteiger partial charge in [0.2, 0.25) is 0 Å². The number of fused-ring (bicyclic) bond motifs is 2. The molecule has 1 aliphatic heterocycles. The molecule has 6 N–H and O–H groups in total. The number of carboxylic acid groups (broad SMARTS) is 1. The number of H-pyrrole nitrogens is 1. The maximum atomic E-state index is 12.5. The van der Waals surface area contributed by atoms with E-state index in [4.69, 9.17) is 15.6 Å². The number of carbonyl (C=O) groups excluding carboxylic acids is 2. The summed E-state index contributed by atoms with van der Waals surface area (Å²) < 4.78 is 5.29. The van der Waals surface area contributed by atoms with Gasteiger partial charge in [0.05, 0.1) is 11.2 Å². The Morgan fingerprint density at radius 2 is 2.06 bits per heavy atom. The van der Waals surface area contributed by atoms with E-state index in [1.807, 2.05) is 0 Å². The Labute approximate surface area is 183 Å². The first-order chi connectivity index (χ1) is 15.3. The zero-order valence-corrected chi connectivity index (χ0v) is 17.6. The number of amides is 2. The molecule has 168 valence electrons. The van der Waals surface area contributed by atoms with E-state index in [-0.39, 0.29) is 41.3 Å². The number of hydrogen-bond donors (Lipinski definition) is 5. The molecule has 11 nitrogen and oxygen atoms in total. The topological polar surface area (TPSA) is 172 Å². The van der Waals surface area contributed by atoms with Gasteiger partial charge < -0.3 is 31.2 Å². The van der Waals surface area contributed by atoms with Crippen molar-refractivity contribution >= 4 is 34.5 Å². The first-order valence-corrected chi connectivity index (χ1v) is 9.89. The number of ether oxygens (including phenoxy) is 1. The average Bonchev–Trinajstić information content (AvgIpc) is 3.22. The lowest BCUT2D eigenvalue weighted by atomic mass is 10.1. The smallest absolute Gasteiger partial charge is 0.339 e. The predicted octanol–water partition coefficient (Wildman–Crippen LogP) is 1.52. The first kappa shape index (κ1) is 22.7. The monoisotopic (exact) mass is 440 g/mol. The Kier molecular flexibility index (Phi) is 7.00. The number of aromatic amines is 1. The number of carboxylic acids is 1. The number of rotatable bonds is 5. The van der Waals surface area contributed by atoms with Crippen LogP contribution in [0, 0.1) is 5.92 Å². The van der Waals surface area contributed by atoms with Crippen LogP contribution in [-0.4, -0.2) is 51.0 Å². The predicted molar refractivity (Wildman–Crippen MR) is 116 cm³/mol. The molecule has 4 rings (SSSR count). The highest BCUT2D eigenvalue weighted by Gasteiger charge is 2.20. The molecule has 1 aromatic carbocycles. The molecule has 0 fully saturated rings. The van der Waals surface area contributed by atoms with E-state index in [0.717, 1.165) is 18.4 Å². The van der Waals surface area contributed by atoms with Gasteiger partial charge in [0.1, 0.15) is 23.2 Å². The zero-order chi connectivity index (χ0) is 23.3. The molecule has 0 bridgehead atoms. The van der Waals surface area contributed by atoms with Crippen LogP contribution in [0.2, 0.25) is 0 Å². The molecular weight excluding hydrogens is 416 g/mol. The van der Waals surface area contributed by atoms with Gasteiger partial charge in [-0.05, 0) is 30.2 Å². The molecule has 2 amide bonds. The normalized spacial score (nSPS) is 12.3. The van der Waals surface area contributed by atoms with Crippen molar-refractivity contribution in [3.63, 3.8) is 0 Å². The molecule has 32 heavy (non-hydrogen) atoms. The summed E-state index contributed by atoms with van der Waals surface area (Å²) in [7, 11) is 0. The van der Waals surface area contributed by atoms with Crippen LogP contribution in [0.4, 0.5) is 5.69 Å². The number of carbonyl (C=O) groups is 3. The molecule has 1 aliphatic rings. The summed E-state index contributed by atoms with van der Waals surface area (Å²) in [5.41, 5.74) is 6.88. The summed E-state index contributed by atoms with van der Waals surface area (Å²) >= 11 is 0. The van der Waals surface area contributed by atoms with Gasteiger partial charge in [-0.15, -0.1) is 0 Å². The number of anilines is 1. The van der Waals surface area contributed by atoms with E-state index < -0.39 is 11.9 Å². The number of aromatic nitrogens is 3. The Bertz CT molecular complexity index is 1160. The Balaban J connectivity index is 0.000000523. The molecule has 11 heteroatoms. The molecule has 3 aromatic rings. The first-order valence-electron chi connectivity index (χ1n) is 9.89. The third-order valence-corrected chi connectivity index (χ3v) is 4.51. The number of benzene rings is 1. The standard InChI is InChI=1S/C17H13N5O5.C4H11N/c23-12-6-27-11-2-1-8(3-10(11)22-12)4-19-16(24)15-14-13(20-7-21-15)9(5-18-14)17(25)26;1-4(2)3-5/h1-3,5,7,18H,4,6H2,(H,19,24)(H,22,23)(H,25,26);4H,3,5H2,1-2H3. The highest BCUT2D eigenvalue weighted by Crippen LogP contribution is 2.28. The van der Waals surface area contributed by atoms with Crippen LogP contribution in [-0.2, 0) is 11.3 Å². The number of aromatic carboxylic acids is 1. The second-order valence-electron chi connectivity index (χ2n) is 7.43. The fourth-order valence-electron chi connectivity index (χ4n) is 2.78. The summed E-state index contributed by atoms with van der Waals surface area (Å²) in [6, 6.07) is 5.19. The number of nitrogens with one attached hydrogen (secondary N) is 3. The van der Waals surface area contributed by atoms with Crippen molar-refractivity contribution in [3.05, 3.63) is 47.5 Å². The number of nitrogens with two attached hydrogens (primary N) is 1. The molecular formula is C21H24N6O5. The Morgan fingerprint density at radius 1 is 1.31 bits per heavy atom. The Morgan fingerprint density at radius 3 is 2.75 bits per heavy atom. The van der Waals surface area contributed by atoms with Gasteiger partial charge in [-0.2, -0.15) is 0 Å². The van der Waals surface area contributed by atoms with Crippen LogP contribution < -0.4 is 21.1 Å². The highest BCUT2D eigenvalue weighted by molar-refractivity contribution is 6.08. The molecule has 0 saturated heterocycles. The molecule has 0 radical (unpaired) electrons. The van der Waals surface area contributed by atoms with E-state index in [9.17, 15) is 14.4 Å². The highest BCUT2D eigenvalue weighted by atomic mass is 16.5. The van der Waals surface area contributed by atoms with E-state index in [1.54, 1.807) is 18.2 Å². The van der Waals surface area contributed by atoms with Crippen molar-refractivity contribution in [2.24, 2.45) is 11.7 Å². The molecule has 0 saturated carbocycles. The van der Waals surface area contributed by atoms with Crippen molar-refractivity contribution in [1.82, 2.24) is 20.3 Å². The number of nitrogens with zero attached hydrogens (tertiary/aromatic N) is 2. The maximum Gasteiger partial charge on any atom is 0.339 e. The average molecular weight is 440 g/mol. The lowest BCUT2D eigenvalue weighted by molar-refractivity contribution is -0.118. The van der Waals surface area contributed by atoms with E-state index in [2.05, 4.69) is 39.4 Å². The van der Waals surface area contributed by atoms with Crippen LogP contribution >= 0.6 is 0 Å². The maximum absolute atomic E-state index is 12.5. The Hall–Kier alpha value is -3.99. The van der Waals surface area contributed by atoms with Crippen molar-refractivity contribution in [1.29, 1.82) is 0 Å². The minimum atomic E-state index is -1.15. The lowest BCUT2D eigenvalue weighted by Gasteiger charge is -2.18. The third-order valence-electron chi connectivity index (χ3n) is 4.51. The minimum Gasteiger partial charge on any atom is -0.482 e. The van der Waals surface area contributed by atoms with Gasteiger partial charge in [-0.25, -0.2) is 14.8 Å².